The summed E-state index contributed by atoms with van der Waals surface area (Å²) >= 11 is 3.41. The molecule has 0 aromatic heterocycles. The predicted octanol–water partition coefficient (Wildman–Crippen LogP) is 3.61. The van der Waals surface area contributed by atoms with Gasteiger partial charge in [-0.1, -0.05) is 54.2 Å². The van der Waals surface area contributed by atoms with Crippen molar-refractivity contribution in [2.75, 3.05) is 13.6 Å². The van der Waals surface area contributed by atoms with Crippen LogP contribution in [-0.2, 0) is 9.59 Å². The summed E-state index contributed by atoms with van der Waals surface area (Å²) in [5.74, 6) is -0.533. The zero-order valence-corrected chi connectivity index (χ0v) is 17.4. The Morgan fingerprint density at radius 1 is 1.19 bits per heavy atom. The van der Waals surface area contributed by atoms with E-state index in [0.29, 0.717) is 12.8 Å². The van der Waals surface area contributed by atoms with Crippen LogP contribution >= 0.6 is 15.9 Å². The van der Waals surface area contributed by atoms with E-state index in [2.05, 4.69) is 21.2 Å². The average molecular weight is 436 g/mol. The summed E-state index contributed by atoms with van der Waals surface area (Å²) in [6.45, 7) is 1.76. The molecule has 3 rings (SSSR count). The van der Waals surface area contributed by atoms with Crippen LogP contribution in [0.4, 0.5) is 4.79 Å². The molecule has 6 nitrogen and oxygen atoms in total. The fourth-order valence-electron chi connectivity index (χ4n) is 4.17. The van der Waals surface area contributed by atoms with Gasteiger partial charge in [0.1, 0.15) is 12.1 Å². The van der Waals surface area contributed by atoms with Gasteiger partial charge in [-0.05, 0) is 37.0 Å². The number of imide groups is 1. The lowest BCUT2D eigenvalue weighted by molar-refractivity contribution is -0.137. The molecule has 1 saturated carbocycles. The second-order valence-electron chi connectivity index (χ2n) is 7.41. The van der Waals surface area contributed by atoms with Crippen LogP contribution in [0.1, 0.15) is 57.1 Å². The second-order valence-corrected chi connectivity index (χ2v) is 8.32. The van der Waals surface area contributed by atoms with E-state index >= 15 is 0 Å². The molecule has 1 unspecified atom stereocenters. The number of urea groups is 1. The molecule has 1 atom stereocenters. The molecule has 1 spiro atoms. The summed E-state index contributed by atoms with van der Waals surface area (Å²) in [5.41, 5.74) is 0.250. The molecule has 27 heavy (non-hydrogen) atoms. The van der Waals surface area contributed by atoms with Crippen molar-refractivity contribution in [2.45, 2.75) is 57.0 Å². The van der Waals surface area contributed by atoms with Gasteiger partial charge in [-0.15, -0.1) is 0 Å². The van der Waals surface area contributed by atoms with Gasteiger partial charge in [-0.2, -0.15) is 0 Å². The number of hydrogen-bond donors (Lipinski definition) is 1. The molecule has 0 radical (unpaired) electrons. The van der Waals surface area contributed by atoms with Crippen LogP contribution in [0.25, 0.3) is 0 Å². The molecule has 2 fully saturated rings. The number of carbonyl (C=O) groups is 3. The maximum Gasteiger partial charge on any atom is 0.327 e. The van der Waals surface area contributed by atoms with E-state index in [1.807, 2.05) is 31.2 Å². The number of hydrogen-bond acceptors (Lipinski definition) is 3. The fourth-order valence-corrected chi connectivity index (χ4v) is 4.44. The second kappa shape index (κ2) is 8.00. The fraction of sp³-hybridized carbons (Fsp3) is 0.550. The van der Waals surface area contributed by atoms with Crippen molar-refractivity contribution < 1.29 is 14.4 Å². The van der Waals surface area contributed by atoms with Gasteiger partial charge in [0.25, 0.3) is 5.91 Å². The number of amides is 4. The lowest BCUT2D eigenvalue weighted by atomic mass is 9.81. The van der Waals surface area contributed by atoms with E-state index in [9.17, 15) is 14.4 Å². The average Bonchev–Trinajstić information content (AvgIpc) is 2.84. The molecule has 1 heterocycles. The Morgan fingerprint density at radius 2 is 1.81 bits per heavy atom. The highest BCUT2D eigenvalue weighted by Crippen LogP contribution is 2.39. The van der Waals surface area contributed by atoms with Gasteiger partial charge >= 0.3 is 6.03 Å². The molecule has 1 N–H and O–H groups in total. The molecular weight excluding hydrogens is 410 g/mol. The van der Waals surface area contributed by atoms with Crippen molar-refractivity contribution >= 4 is 33.8 Å². The lowest BCUT2D eigenvalue weighted by Gasteiger charge is -2.35. The Hall–Kier alpha value is -1.89. The minimum atomic E-state index is -0.745. The Bertz CT molecular complexity index is 728. The highest BCUT2D eigenvalue weighted by atomic mass is 79.9. The van der Waals surface area contributed by atoms with E-state index < -0.39 is 5.54 Å². The van der Waals surface area contributed by atoms with Crippen molar-refractivity contribution in [3.63, 3.8) is 0 Å². The van der Waals surface area contributed by atoms with E-state index in [4.69, 9.17) is 0 Å². The normalized spacial score (nSPS) is 20.3. The smallest absolute Gasteiger partial charge is 0.327 e. The number of rotatable bonds is 5. The first-order valence-corrected chi connectivity index (χ1v) is 10.3. The van der Waals surface area contributed by atoms with Gasteiger partial charge in [0, 0.05) is 11.5 Å². The van der Waals surface area contributed by atoms with Gasteiger partial charge < -0.3 is 10.2 Å². The topological polar surface area (TPSA) is 69.7 Å². The van der Waals surface area contributed by atoms with E-state index in [1.54, 1.807) is 11.9 Å². The maximum absolute atomic E-state index is 13.0. The van der Waals surface area contributed by atoms with E-state index in [-0.39, 0.29) is 30.4 Å². The molecule has 0 bridgehead atoms. The number of halogens is 1. The lowest BCUT2D eigenvalue weighted by Crippen LogP contribution is -2.49. The number of benzene rings is 1. The third-order valence-corrected chi connectivity index (χ3v) is 6.33. The van der Waals surface area contributed by atoms with E-state index in [1.165, 1.54) is 0 Å². The number of likely N-dealkylation sites (N-methyl/N-ethyl adjacent to an activating group) is 1. The Labute approximate surface area is 168 Å². The van der Waals surface area contributed by atoms with Crippen molar-refractivity contribution in [3.8, 4) is 0 Å². The molecule has 4 amide bonds. The highest BCUT2D eigenvalue weighted by Gasteiger charge is 2.55. The minimum absolute atomic E-state index is 0.153. The zero-order valence-electron chi connectivity index (χ0n) is 15.8. The van der Waals surface area contributed by atoms with Crippen LogP contribution in [0.5, 0.6) is 0 Å². The molecule has 7 heteroatoms. The van der Waals surface area contributed by atoms with Crippen LogP contribution in [0, 0.1) is 0 Å². The van der Waals surface area contributed by atoms with Gasteiger partial charge in [0.2, 0.25) is 5.91 Å². The van der Waals surface area contributed by atoms with Gasteiger partial charge in [0.05, 0.1) is 6.04 Å². The quantitative estimate of drug-likeness (QED) is 0.717. The van der Waals surface area contributed by atoms with Crippen molar-refractivity contribution in [1.29, 1.82) is 0 Å². The molecule has 1 saturated heterocycles. The van der Waals surface area contributed by atoms with Crippen LogP contribution < -0.4 is 5.32 Å². The molecule has 1 aliphatic carbocycles. The Kier molecular flexibility index (Phi) is 5.89. The molecule has 2 aliphatic rings. The third kappa shape index (κ3) is 3.74. The Morgan fingerprint density at radius 3 is 2.41 bits per heavy atom. The third-order valence-electron chi connectivity index (χ3n) is 5.80. The monoisotopic (exact) mass is 435 g/mol. The van der Waals surface area contributed by atoms with Crippen LogP contribution in [0.3, 0.4) is 0 Å². The standard InChI is InChI=1S/C20H26BrN3O3/c1-3-16(14-7-9-15(21)10-8-14)22-17(25)13-24-18(26)20(23(2)19(24)27)11-5-4-6-12-20/h7-10,16H,3-6,11-13H2,1-2H3,(H,22,25). The van der Waals surface area contributed by atoms with Crippen molar-refractivity contribution in [2.24, 2.45) is 0 Å². The molecule has 1 aliphatic heterocycles. The molecule has 1 aromatic carbocycles. The Balaban J connectivity index is 1.68. The first-order valence-electron chi connectivity index (χ1n) is 9.53. The number of nitrogens with zero attached hydrogens (tertiary/aromatic N) is 2. The summed E-state index contributed by atoms with van der Waals surface area (Å²) in [5, 5.41) is 2.96. The first-order chi connectivity index (χ1) is 12.9. The maximum atomic E-state index is 13.0. The largest absolute Gasteiger partial charge is 0.348 e. The molecule has 146 valence electrons. The van der Waals surface area contributed by atoms with Crippen molar-refractivity contribution in [1.82, 2.24) is 15.1 Å². The SMILES string of the molecule is CCC(NC(=O)CN1C(=O)N(C)C2(CCCCC2)C1=O)c1ccc(Br)cc1. The molecular formula is C20H26BrN3O3. The predicted molar refractivity (Wildman–Crippen MR) is 106 cm³/mol. The van der Waals surface area contributed by atoms with Crippen LogP contribution in [-0.4, -0.2) is 46.8 Å². The number of nitrogens with one attached hydrogen (secondary N) is 1. The highest BCUT2D eigenvalue weighted by molar-refractivity contribution is 9.10. The molecule has 1 aromatic rings. The summed E-state index contributed by atoms with van der Waals surface area (Å²) in [6, 6.07) is 7.25. The van der Waals surface area contributed by atoms with E-state index in [0.717, 1.165) is 40.6 Å². The van der Waals surface area contributed by atoms with Gasteiger partial charge in [-0.25, -0.2) is 4.79 Å². The summed E-state index contributed by atoms with van der Waals surface area (Å²) in [4.78, 5) is 40.9. The number of carbonyl (C=O) groups excluding carboxylic acids is 3. The summed E-state index contributed by atoms with van der Waals surface area (Å²) in [6.07, 6.45) is 5.04. The first kappa shape index (κ1) is 19.9. The van der Waals surface area contributed by atoms with Gasteiger partial charge in [-0.3, -0.25) is 14.5 Å². The zero-order chi connectivity index (χ0) is 19.6. The minimum Gasteiger partial charge on any atom is -0.348 e. The van der Waals surface area contributed by atoms with Crippen molar-refractivity contribution in [3.05, 3.63) is 34.3 Å². The van der Waals surface area contributed by atoms with Gasteiger partial charge in [0.15, 0.2) is 0 Å². The summed E-state index contributed by atoms with van der Waals surface area (Å²) in [7, 11) is 1.68. The van der Waals surface area contributed by atoms with Crippen LogP contribution in [0.15, 0.2) is 28.7 Å². The van der Waals surface area contributed by atoms with Crippen LogP contribution in [0.2, 0.25) is 0 Å². The summed E-state index contributed by atoms with van der Waals surface area (Å²) < 4.78 is 0.974.